The average molecular weight is 315 g/mol. The van der Waals surface area contributed by atoms with Crippen molar-refractivity contribution in [2.75, 3.05) is 18.8 Å². The Balaban J connectivity index is 2.09. The maximum absolute atomic E-state index is 12.8. The normalized spacial score (nSPS) is 23.1. The highest BCUT2D eigenvalue weighted by Crippen LogP contribution is 2.15. The Morgan fingerprint density at radius 1 is 1.24 bits per heavy atom. The molecule has 21 heavy (non-hydrogen) atoms. The fraction of sp³-hybridized carbons (Fsp3) is 0.500. The molecule has 0 spiro atoms. The Morgan fingerprint density at radius 3 is 2.29 bits per heavy atom. The minimum Gasteiger partial charge on any atom is -0.372 e. The van der Waals surface area contributed by atoms with Crippen molar-refractivity contribution < 1.29 is 22.3 Å². The third-order valence-corrected chi connectivity index (χ3v) is 4.88. The van der Waals surface area contributed by atoms with Gasteiger partial charge in [0.25, 0.3) is 0 Å². The van der Waals surface area contributed by atoms with E-state index < -0.39 is 27.3 Å². The molecule has 0 unspecified atom stereocenters. The summed E-state index contributed by atoms with van der Waals surface area (Å²) in [7, 11) is -3.76. The summed E-state index contributed by atoms with van der Waals surface area (Å²) in [6.07, 6.45) is -0.238. The van der Waals surface area contributed by atoms with Crippen LogP contribution in [0.1, 0.15) is 13.8 Å². The van der Waals surface area contributed by atoms with E-state index in [9.17, 15) is 17.6 Å². The molecule has 0 aromatic heterocycles. The van der Waals surface area contributed by atoms with Crippen LogP contribution in [0.25, 0.3) is 0 Å². The van der Waals surface area contributed by atoms with Crippen LogP contribution in [0.2, 0.25) is 0 Å². The van der Waals surface area contributed by atoms with Crippen molar-refractivity contribution in [2.24, 2.45) is 0 Å². The molecule has 0 radical (unpaired) electrons. The second-order valence-electron chi connectivity index (χ2n) is 5.27. The lowest BCUT2D eigenvalue weighted by molar-refractivity contribution is -0.140. The lowest BCUT2D eigenvalue weighted by atomic mass is 10.2. The van der Waals surface area contributed by atoms with Crippen molar-refractivity contribution in [3.8, 4) is 0 Å². The van der Waals surface area contributed by atoms with Crippen LogP contribution < -0.4 is 0 Å². The van der Waals surface area contributed by atoms with Gasteiger partial charge in [0.05, 0.1) is 17.1 Å². The van der Waals surface area contributed by atoms with Crippen molar-refractivity contribution in [2.45, 2.75) is 31.0 Å². The number of nitrogens with zero attached hydrogens (tertiary/aromatic N) is 1. The van der Waals surface area contributed by atoms with Crippen molar-refractivity contribution in [3.05, 3.63) is 30.1 Å². The molecule has 2 rings (SSSR count). The monoisotopic (exact) mass is 315 g/mol. The summed E-state index contributed by atoms with van der Waals surface area (Å²) in [5.74, 6) is -1.59. The first-order valence-corrected chi connectivity index (χ1v) is 8.35. The van der Waals surface area contributed by atoms with E-state index in [0.29, 0.717) is 13.1 Å². The van der Waals surface area contributed by atoms with Crippen molar-refractivity contribution >= 4 is 15.7 Å². The van der Waals surface area contributed by atoms with Gasteiger partial charge in [-0.3, -0.25) is 4.79 Å². The number of morpholine rings is 1. The lowest BCUT2D eigenvalue weighted by Gasteiger charge is -2.35. The summed E-state index contributed by atoms with van der Waals surface area (Å²) in [6, 6.07) is 4.47. The van der Waals surface area contributed by atoms with Crippen LogP contribution in [0.4, 0.5) is 4.39 Å². The van der Waals surface area contributed by atoms with Gasteiger partial charge in [0.1, 0.15) is 11.6 Å². The maximum atomic E-state index is 12.8. The molecule has 0 saturated carbocycles. The third kappa shape index (κ3) is 4.01. The maximum Gasteiger partial charge on any atom is 0.238 e. The van der Waals surface area contributed by atoms with Crippen molar-refractivity contribution in [3.63, 3.8) is 0 Å². The third-order valence-electron chi connectivity index (χ3n) is 3.26. The number of benzene rings is 1. The Bertz CT molecular complexity index is 604. The minimum absolute atomic E-state index is 0.0494. The molecule has 0 aliphatic carbocycles. The van der Waals surface area contributed by atoms with Crippen LogP contribution in [-0.4, -0.2) is 50.3 Å². The highest BCUT2D eigenvalue weighted by atomic mass is 32.2. The summed E-state index contributed by atoms with van der Waals surface area (Å²) >= 11 is 0. The van der Waals surface area contributed by atoms with Gasteiger partial charge in [0, 0.05) is 13.1 Å². The molecule has 1 aromatic carbocycles. The van der Waals surface area contributed by atoms with E-state index in [1.165, 1.54) is 17.0 Å². The highest BCUT2D eigenvalue weighted by molar-refractivity contribution is 7.92. The zero-order valence-corrected chi connectivity index (χ0v) is 12.8. The number of hydrogen-bond donors (Lipinski definition) is 0. The Morgan fingerprint density at radius 2 is 1.76 bits per heavy atom. The first-order valence-electron chi connectivity index (χ1n) is 6.69. The largest absolute Gasteiger partial charge is 0.372 e. The second kappa shape index (κ2) is 6.11. The predicted molar refractivity (Wildman–Crippen MR) is 75.0 cm³/mol. The van der Waals surface area contributed by atoms with E-state index in [2.05, 4.69) is 0 Å². The van der Waals surface area contributed by atoms with Crippen molar-refractivity contribution in [1.82, 2.24) is 4.90 Å². The van der Waals surface area contributed by atoms with Gasteiger partial charge < -0.3 is 9.64 Å². The van der Waals surface area contributed by atoms with E-state index in [-0.39, 0.29) is 17.1 Å². The molecular weight excluding hydrogens is 297 g/mol. The summed E-state index contributed by atoms with van der Waals surface area (Å²) in [5.41, 5.74) is 0. The number of halogens is 1. The van der Waals surface area contributed by atoms with Crippen LogP contribution >= 0.6 is 0 Å². The quantitative estimate of drug-likeness (QED) is 0.787. The molecule has 1 heterocycles. The molecule has 0 N–H and O–H groups in total. The Kier molecular flexibility index (Phi) is 4.63. The molecule has 1 saturated heterocycles. The fourth-order valence-corrected chi connectivity index (χ4v) is 3.59. The van der Waals surface area contributed by atoms with Crippen LogP contribution in [0.5, 0.6) is 0 Å². The van der Waals surface area contributed by atoms with Crippen molar-refractivity contribution in [1.29, 1.82) is 0 Å². The zero-order valence-electron chi connectivity index (χ0n) is 12.0. The first-order chi connectivity index (χ1) is 9.78. The molecule has 1 aliphatic heterocycles. The fourth-order valence-electron chi connectivity index (χ4n) is 2.36. The molecule has 2 atom stereocenters. The average Bonchev–Trinajstić information content (AvgIpc) is 2.37. The summed E-state index contributed by atoms with van der Waals surface area (Å²) < 4.78 is 42.7. The first kappa shape index (κ1) is 15.9. The molecule has 116 valence electrons. The van der Waals surface area contributed by atoms with Gasteiger partial charge in [-0.1, -0.05) is 0 Å². The van der Waals surface area contributed by atoms with Gasteiger partial charge in [-0.2, -0.15) is 0 Å². The van der Waals surface area contributed by atoms with E-state index in [1.54, 1.807) is 0 Å². The molecule has 1 amide bonds. The predicted octanol–water partition coefficient (Wildman–Crippen LogP) is 1.24. The van der Waals surface area contributed by atoms with Gasteiger partial charge >= 0.3 is 0 Å². The second-order valence-corrected chi connectivity index (χ2v) is 7.26. The number of sulfone groups is 1. The lowest BCUT2D eigenvalue weighted by Crippen LogP contribution is -2.49. The van der Waals surface area contributed by atoms with Gasteiger partial charge in [0.15, 0.2) is 9.84 Å². The highest BCUT2D eigenvalue weighted by Gasteiger charge is 2.29. The molecule has 1 fully saturated rings. The Labute approximate surface area is 123 Å². The Hall–Kier alpha value is -1.47. The zero-order chi connectivity index (χ0) is 15.6. The van der Waals surface area contributed by atoms with E-state index in [4.69, 9.17) is 4.74 Å². The summed E-state index contributed by atoms with van der Waals surface area (Å²) in [6.45, 7) is 4.43. The van der Waals surface area contributed by atoms with Crippen LogP contribution in [0.15, 0.2) is 29.2 Å². The number of carbonyl (C=O) groups excluding carboxylic acids is 1. The SMILES string of the molecule is C[C@@H]1CN(C(=O)CS(=O)(=O)c2ccc(F)cc2)C[C@H](C)O1. The van der Waals surface area contributed by atoms with Gasteiger partial charge in [-0.05, 0) is 38.1 Å². The van der Waals surface area contributed by atoms with Gasteiger partial charge in [-0.25, -0.2) is 12.8 Å². The summed E-state index contributed by atoms with van der Waals surface area (Å²) in [5, 5.41) is 0. The van der Waals surface area contributed by atoms with Crippen LogP contribution in [0.3, 0.4) is 0 Å². The van der Waals surface area contributed by atoms with Gasteiger partial charge in [-0.15, -0.1) is 0 Å². The molecule has 5 nitrogen and oxygen atoms in total. The molecule has 7 heteroatoms. The minimum atomic E-state index is -3.76. The number of rotatable bonds is 3. The van der Waals surface area contributed by atoms with E-state index >= 15 is 0 Å². The topological polar surface area (TPSA) is 63.7 Å². The van der Waals surface area contributed by atoms with E-state index in [0.717, 1.165) is 12.1 Å². The molecule has 1 aromatic rings. The number of hydrogen-bond acceptors (Lipinski definition) is 4. The van der Waals surface area contributed by atoms with E-state index in [1.807, 2.05) is 13.8 Å². The number of ether oxygens (including phenoxy) is 1. The number of amides is 1. The molecule has 0 bridgehead atoms. The molecule has 1 aliphatic rings. The van der Waals surface area contributed by atoms with Gasteiger partial charge in [0.2, 0.25) is 5.91 Å². The molecular formula is C14H18FNO4S. The smallest absolute Gasteiger partial charge is 0.238 e. The van der Waals surface area contributed by atoms with Crippen LogP contribution in [-0.2, 0) is 19.4 Å². The standard InChI is InChI=1S/C14H18FNO4S/c1-10-7-16(8-11(2)20-10)14(17)9-21(18,19)13-5-3-12(15)4-6-13/h3-6,10-11H,7-9H2,1-2H3/t10-,11+. The summed E-state index contributed by atoms with van der Waals surface area (Å²) in [4.78, 5) is 13.6. The van der Waals surface area contributed by atoms with Crippen LogP contribution in [0, 0.1) is 5.82 Å². The number of carbonyl (C=O) groups is 1.